The van der Waals surface area contributed by atoms with Crippen LogP contribution >= 0.6 is 11.3 Å². The molecule has 2 heterocycles. The fourth-order valence-corrected chi connectivity index (χ4v) is 5.37. The molecule has 196 valence electrons. The van der Waals surface area contributed by atoms with Gasteiger partial charge in [0.25, 0.3) is 5.69 Å². The first-order chi connectivity index (χ1) is 18.3. The van der Waals surface area contributed by atoms with E-state index in [1.165, 1.54) is 23.5 Å². The molecule has 1 aliphatic heterocycles. The summed E-state index contributed by atoms with van der Waals surface area (Å²) in [5.74, 6) is -1.77. The zero-order chi connectivity index (χ0) is 27.4. The van der Waals surface area contributed by atoms with E-state index < -0.39 is 22.8 Å². The summed E-state index contributed by atoms with van der Waals surface area (Å²) in [6, 6.07) is 13.7. The molecule has 0 unspecified atom stereocenters. The number of aromatic nitrogens is 1. The number of nitrogens with zero attached hydrogens (tertiary/aromatic N) is 2. The summed E-state index contributed by atoms with van der Waals surface area (Å²) in [6.07, 6.45) is 0. The van der Waals surface area contributed by atoms with Gasteiger partial charge in [-0.2, -0.15) is 0 Å². The second kappa shape index (κ2) is 11.4. The normalized spacial score (nSPS) is 13.8. The van der Waals surface area contributed by atoms with E-state index in [-0.39, 0.29) is 18.9 Å². The third-order valence-corrected chi connectivity index (χ3v) is 7.01. The lowest BCUT2D eigenvalue weighted by molar-refractivity contribution is -0.384. The molecule has 0 bridgehead atoms. The lowest BCUT2D eigenvalue weighted by atomic mass is 9.78. The Hall–Kier alpha value is -4.31. The molecule has 0 radical (unpaired) electrons. The predicted octanol–water partition coefficient (Wildman–Crippen LogP) is 5.75. The SMILES string of the molecule is CCOC(=O)C1=C(C)NC(C)=C(C(=O)OCC)C1c1ccccc1-c1nc(-c2ccc([N+](=O)[O-])cc2)cs1. The minimum Gasteiger partial charge on any atom is -0.463 e. The third-order valence-electron chi connectivity index (χ3n) is 6.13. The molecular weight excluding hydrogens is 506 g/mol. The fraction of sp³-hybridized carbons (Fsp3) is 0.250. The Morgan fingerprint density at radius 3 is 2.11 bits per heavy atom. The third kappa shape index (κ3) is 5.21. The summed E-state index contributed by atoms with van der Waals surface area (Å²) in [6.45, 7) is 7.40. The average Bonchev–Trinajstić information content (AvgIpc) is 3.38. The van der Waals surface area contributed by atoms with Crippen LogP contribution in [-0.4, -0.2) is 35.1 Å². The Bertz CT molecular complexity index is 1420. The Morgan fingerprint density at radius 2 is 1.55 bits per heavy atom. The largest absolute Gasteiger partial charge is 0.463 e. The highest BCUT2D eigenvalue weighted by molar-refractivity contribution is 7.13. The van der Waals surface area contributed by atoms with Crippen LogP contribution in [0.15, 0.2) is 76.5 Å². The topological polar surface area (TPSA) is 121 Å². The Kier molecular flexibility index (Phi) is 8.02. The summed E-state index contributed by atoms with van der Waals surface area (Å²) in [4.78, 5) is 41.7. The molecule has 0 amide bonds. The van der Waals surface area contributed by atoms with E-state index in [2.05, 4.69) is 5.32 Å². The number of hydrogen-bond acceptors (Lipinski definition) is 9. The molecule has 0 atom stereocenters. The van der Waals surface area contributed by atoms with Gasteiger partial charge in [0.1, 0.15) is 5.01 Å². The predicted molar refractivity (Wildman–Crippen MR) is 144 cm³/mol. The average molecular weight is 534 g/mol. The summed E-state index contributed by atoms with van der Waals surface area (Å²) < 4.78 is 10.8. The number of ether oxygens (including phenoxy) is 2. The molecule has 2 aromatic carbocycles. The second-order valence-electron chi connectivity index (χ2n) is 8.51. The van der Waals surface area contributed by atoms with E-state index in [1.54, 1.807) is 39.8 Å². The molecule has 4 rings (SSSR count). The van der Waals surface area contributed by atoms with E-state index in [4.69, 9.17) is 14.5 Å². The van der Waals surface area contributed by atoms with Gasteiger partial charge < -0.3 is 14.8 Å². The van der Waals surface area contributed by atoms with E-state index >= 15 is 0 Å². The Labute approximate surface area is 224 Å². The monoisotopic (exact) mass is 533 g/mol. The van der Waals surface area contributed by atoms with Crippen LogP contribution in [0.25, 0.3) is 21.8 Å². The van der Waals surface area contributed by atoms with Gasteiger partial charge in [-0.25, -0.2) is 14.6 Å². The highest BCUT2D eigenvalue weighted by atomic mass is 32.1. The molecule has 10 heteroatoms. The number of nitrogens with one attached hydrogen (secondary N) is 1. The van der Waals surface area contributed by atoms with Crippen LogP contribution in [0.2, 0.25) is 0 Å². The highest BCUT2D eigenvalue weighted by Crippen LogP contribution is 2.44. The van der Waals surface area contributed by atoms with Crippen molar-refractivity contribution < 1.29 is 24.0 Å². The van der Waals surface area contributed by atoms with Gasteiger partial charge in [0.2, 0.25) is 0 Å². The van der Waals surface area contributed by atoms with Crippen LogP contribution in [0.4, 0.5) is 5.69 Å². The van der Waals surface area contributed by atoms with Crippen molar-refractivity contribution in [3.63, 3.8) is 0 Å². The number of rotatable bonds is 8. The maximum Gasteiger partial charge on any atom is 0.336 e. The minimum atomic E-state index is -0.739. The van der Waals surface area contributed by atoms with Crippen molar-refractivity contribution >= 4 is 29.0 Å². The first kappa shape index (κ1) is 26.7. The number of non-ortho nitro benzene ring substituents is 1. The van der Waals surface area contributed by atoms with Gasteiger partial charge in [-0.15, -0.1) is 11.3 Å². The number of benzene rings is 2. The number of allylic oxidation sites excluding steroid dienone is 2. The Morgan fingerprint density at radius 1 is 0.974 bits per heavy atom. The molecule has 1 aromatic heterocycles. The molecule has 1 N–H and O–H groups in total. The first-order valence-corrected chi connectivity index (χ1v) is 13.0. The standard InChI is InChI=1S/C28H27N3O6S/c1-5-36-27(32)23-16(3)29-17(4)24(28(33)37-6-2)25(23)20-9-7-8-10-21(20)26-30-22(15-38-26)18-11-13-19(14-12-18)31(34)35/h7-15,25,29H,5-6H2,1-4H3. The lowest BCUT2D eigenvalue weighted by Crippen LogP contribution is -2.32. The molecule has 0 spiro atoms. The smallest absolute Gasteiger partial charge is 0.336 e. The first-order valence-electron chi connectivity index (χ1n) is 12.1. The molecule has 38 heavy (non-hydrogen) atoms. The van der Waals surface area contributed by atoms with Gasteiger partial charge in [-0.05, 0) is 45.4 Å². The van der Waals surface area contributed by atoms with Crippen molar-refractivity contribution in [2.24, 2.45) is 0 Å². The van der Waals surface area contributed by atoms with Gasteiger partial charge in [0, 0.05) is 40.0 Å². The number of hydrogen-bond donors (Lipinski definition) is 1. The van der Waals surface area contributed by atoms with Crippen LogP contribution in [0, 0.1) is 10.1 Å². The summed E-state index contributed by atoms with van der Waals surface area (Å²) in [5, 5.41) is 16.7. The molecule has 3 aromatic rings. The van der Waals surface area contributed by atoms with E-state index in [9.17, 15) is 19.7 Å². The number of nitro groups is 1. The van der Waals surface area contributed by atoms with Crippen LogP contribution in [-0.2, 0) is 19.1 Å². The molecule has 9 nitrogen and oxygen atoms in total. The maximum absolute atomic E-state index is 13.2. The molecule has 0 fully saturated rings. The van der Waals surface area contributed by atoms with E-state index in [0.717, 1.165) is 11.1 Å². The minimum absolute atomic E-state index is 0.00256. The van der Waals surface area contributed by atoms with E-state index in [1.807, 2.05) is 29.6 Å². The fourth-order valence-electron chi connectivity index (χ4n) is 4.49. The van der Waals surface area contributed by atoms with Gasteiger partial charge in [0.15, 0.2) is 0 Å². The number of nitro benzene ring substituents is 1. The lowest BCUT2D eigenvalue weighted by Gasteiger charge is -2.31. The number of carbonyl (C=O) groups is 2. The summed E-state index contributed by atoms with van der Waals surface area (Å²) >= 11 is 1.40. The van der Waals surface area contributed by atoms with Crippen molar-refractivity contribution in [1.29, 1.82) is 0 Å². The van der Waals surface area contributed by atoms with Crippen LogP contribution in [0.1, 0.15) is 39.2 Å². The van der Waals surface area contributed by atoms with Gasteiger partial charge in [-0.3, -0.25) is 10.1 Å². The number of carbonyl (C=O) groups excluding carboxylic acids is 2. The van der Waals surface area contributed by atoms with Crippen molar-refractivity contribution in [2.45, 2.75) is 33.6 Å². The molecule has 0 saturated heterocycles. The van der Waals surface area contributed by atoms with Crippen molar-refractivity contribution in [3.05, 3.63) is 92.1 Å². The van der Waals surface area contributed by atoms with Gasteiger partial charge in [-0.1, -0.05) is 24.3 Å². The molecule has 1 aliphatic rings. The Balaban J connectivity index is 1.85. The van der Waals surface area contributed by atoms with Crippen molar-refractivity contribution in [1.82, 2.24) is 10.3 Å². The maximum atomic E-state index is 13.2. The molecule has 0 aliphatic carbocycles. The van der Waals surface area contributed by atoms with Crippen molar-refractivity contribution in [3.8, 4) is 21.8 Å². The second-order valence-corrected chi connectivity index (χ2v) is 9.36. The van der Waals surface area contributed by atoms with Crippen LogP contribution in [0.5, 0.6) is 0 Å². The number of thiazole rings is 1. The number of dihydropyridines is 1. The quantitative estimate of drug-likeness (QED) is 0.221. The molecular formula is C28H27N3O6S. The van der Waals surface area contributed by atoms with Gasteiger partial charge in [0.05, 0.1) is 40.9 Å². The summed E-state index contributed by atoms with van der Waals surface area (Å²) in [7, 11) is 0. The zero-order valence-corrected chi connectivity index (χ0v) is 22.3. The highest BCUT2D eigenvalue weighted by Gasteiger charge is 2.39. The zero-order valence-electron chi connectivity index (χ0n) is 21.4. The van der Waals surface area contributed by atoms with Crippen LogP contribution < -0.4 is 5.32 Å². The number of esters is 2. The van der Waals surface area contributed by atoms with Gasteiger partial charge >= 0.3 is 11.9 Å². The van der Waals surface area contributed by atoms with Crippen LogP contribution in [0.3, 0.4) is 0 Å². The van der Waals surface area contributed by atoms with E-state index in [0.29, 0.717) is 38.8 Å². The van der Waals surface area contributed by atoms with Crippen molar-refractivity contribution in [2.75, 3.05) is 13.2 Å². The molecule has 0 saturated carbocycles. The summed E-state index contributed by atoms with van der Waals surface area (Å²) in [5.41, 5.74) is 4.73.